The third kappa shape index (κ3) is 2.97. The first-order valence-electron chi connectivity index (χ1n) is 9.86. The lowest BCUT2D eigenvalue weighted by Gasteiger charge is -2.29. The fourth-order valence-corrected chi connectivity index (χ4v) is 5.29. The molecule has 1 amide bonds. The van der Waals surface area contributed by atoms with Gasteiger partial charge in [-0.25, -0.2) is 4.98 Å². The first kappa shape index (κ1) is 17.0. The van der Waals surface area contributed by atoms with Crippen molar-refractivity contribution >= 4 is 5.91 Å². The number of amides is 1. The van der Waals surface area contributed by atoms with Gasteiger partial charge in [-0.15, -0.1) is 0 Å². The fourth-order valence-electron chi connectivity index (χ4n) is 5.29. The van der Waals surface area contributed by atoms with Crippen molar-refractivity contribution in [1.82, 2.24) is 20.2 Å². The highest BCUT2D eigenvalue weighted by Gasteiger charge is 2.62. The molecule has 2 aromatic rings. The van der Waals surface area contributed by atoms with Gasteiger partial charge in [0.15, 0.2) is 0 Å². The highest BCUT2D eigenvalue weighted by atomic mass is 16.5. The zero-order valence-corrected chi connectivity index (χ0v) is 15.6. The number of rotatable bonds is 5. The standard InChI is InChI=1S/C21H26N4O2/c1-14-2-4-15(5-3-14)20(26)24-10-16-17-11-25(12-19-22-8-9-23-19)13-21(17)7-6-18(16)27-21/h2-5,8-9,16-18H,6-7,10-13H2,1H3,(H,22,23)(H,24,26)/t16-,17+,18+,21+/m0/s1. The van der Waals surface area contributed by atoms with Crippen LogP contribution < -0.4 is 5.32 Å². The van der Waals surface area contributed by atoms with Crippen molar-refractivity contribution in [2.75, 3.05) is 19.6 Å². The fraction of sp³-hybridized carbons (Fsp3) is 0.524. The van der Waals surface area contributed by atoms with Gasteiger partial charge >= 0.3 is 0 Å². The molecule has 0 radical (unpaired) electrons. The van der Waals surface area contributed by atoms with E-state index >= 15 is 0 Å². The Labute approximate surface area is 159 Å². The SMILES string of the molecule is Cc1ccc(C(=O)NC[C@H]2[C@H]3CN(Cc4ncc[nH]4)C[C@]34CC[C@H]2O4)cc1. The van der Waals surface area contributed by atoms with Crippen LogP contribution in [0.4, 0.5) is 0 Å². The molecule has 27 heavy (non-hydrogen) atoms. The number of nitrogens with zero attached hydrogens (tertiary/aromatic N) is 2. The van der Waals surface area contributed by atoms with Gasteiger partial charge in [0.1, 0.15) is 5.82 Å². The van der Waals surface area contributed by atoms with E-state index < -0.39 is 0 Å². The highest BCUT2D eigenvalue weighted by molar-refractivity contribution is 5.94. The van der Waals surface area contributed by atoms with Crippen molar-refractivity contribution in [3.63, 3.8) is 0 Å². The van der Waals surface area contributed by atoms with Crippen LogP contribution >= 0.6 is 0 Å². The van der Waals surface area contributed by atoms with Gasteiger partial charge in [0.25, 0.3) is 5.91 Å². The summed E-state index contributed by atoms with van der Waals surface area (Å²) >= 11 is 0. The summed E-state index contributed by atoms with van der Waals surface area (Å²) in [5, 5.41) is 3.16. The van der Waals surface area contributed by atoms with Crippen LogP contribution in [0.25, 0.3) is 0 Å². The summed E-state index contributed by atoms with van der Waals surface area (Å²) in [5.41, 5.74) is 1.87. The minimum Gasteiger partial charge on any atom is -0.370 e. The largest absolute Gasteiger partial charge is 0.370 e. The molecule has 4 heterocycles. The van der Waals surface area contributed by atoms with E-state index in [1.54, 1.807) is 6.20 Å². The number of likely N-dealkylation sites (tertiary alicyclic amines) is 1. The number of aromatic amines is 1. The number of benzene rings is 1. The molecular weight excluding hydrogens is 340 g/mol. The molecule has 3 saturated heterocycles. The van der Waals surface area contributed by atoms with E-state index in [-0.39, 0.29) is 11.5 Å². The number of fused-ring (bicyclic) bond motifs is 1. The van der Waals surface area contributed by atoms with E-state index in [0.717, 1.165) is 49.4 Å². The van der Waals surface area contributed by atoms with Crippen LogP contribution in [0, 0.1) is 18.8 Å². The van der Waals surface area contributed by atoms with Crippen LogP contribution in [0.15, 0.2) is 36.7 Å². The molecule has 4 atom stereocenters. The van der Waals surface area contributed by atoms with Crippen LogP contribution in [-0.2, 0) is 11.3 Å². The molecule has 3 aliphatic heterocycles. The maximum atomic E-state index is 12.5. The topological polar surface area (TPSA) is 70.2 Å². The van der Waals surface area contributed by atoms with Gasteiger partial charge in [-0.05, 0) is 31.9 Å². The van der Waals surface area contributed by atoms with Crippen molar-refractivity contribution in [1.29, 1.82) is 0 Å². The summed E-state index contributed by atoms with van der Waals surface area (Å²) in [6.07, 6.45) is 6.21. The van der Waals surface area contributed by atoms with Crippen LogP contribution in [-0.4, -0.2) is 52.1 Å². The predicted molar refractivity (Wildman–Crippen MR) is 101 cm³/mol. The maximum absolute atomic E-state index is 12.5. The van der Waals surface area contributed by atoms with Gasteiger partial charge in [0.2, 0.25) is 0 Å². The second kappa shape index (κ2) is 6.46. The van der Waals surface area contributed by atoms with E-state index in [0.29, 0.717) is 24.5 Å². The summed E-state index contributed by atoms with van der Waals surface area (Å²) < 4.78 is 6.48. The summed E-state index contributed by atoms with van der Waals surface area (Å²) in [7, 11) is 0. The Morgan fingerprint density at radius 1 is 1.41 bits per heavy atom. The Morgan fingerprint density at radius 2 is 2.26 bits per heavy atom. The number of aromatic nitrogens is 2. The number of aryl methyl sites for hydroxylation is 1. The van der Waals surface area contributed by atoms with E-state index in [1.807, 2.05) is 37.4 Å². The van der Waals surface area contributed by atoms with Gasteiger partial charge in [0.05, 0.1) is 18.2 Å². The molecule has 1 aromatic heterocycles. The molecule has 2 bridgehead atoms. The Balaban J connectivity index is 1.24. The Bertz CT molecular complexity index is 819. The molecule has 0 unspecified atom stereocenters. The van der Waals surface area contributed by atoms with Crippen LogP contribution in [0.5, 0.6) is 0 Å². The number of hydrogen-bond acceptors (Lipinski definition) is 4. The molecule has 3 aliphatic rings. The van der Waals surface area contributed by atoms with Crippen molar-refractivity contribution in [2.24, 2.45) is 11.8 Å². The maximum Gasteiger partial charge on any atom is 0.251 e. The van der Waals surface area contributed by atoms with Gasteiger partial charge < -0.3 is 15.0 Å². The molecule has 2 N–H and O–H groups in total. The van der Waals surface area contributed by atoms with Crippen LogP contribution in [0.3, 0.4) is 0 Å². The summed E-state index contributed by atoms with van der Waals surface area (Å²) in [6.45, 7) is 5.54. The van der Waals surface area contributed by atoms with Crippen molar-refractivity contribution in [3.05, 3.63) is 53.6 Å². The average Bonchev–Trinajstić information content (AvgIpc) is 3.42. The van der Waals surface area contributed by atoms with Gasteiger partial charge in [0, 0.05) is 49.4 Å². The number of H-pyrrole nitrogens is 1. The minimum absolute atomic E-state index is 0.0114. The molecule has 6 nitrogen and oxygen atoms in total. The molecule has 6 heteroatoms. The van der Waals surface area contributed by atoms with Crippen molar-refractivity contribution in [3.8, 4) is 0 Å². The molecule has 1 aromatic carbocycles. The molecule has 0 aliphatic carbocycles. The van der Waals surface area contributed by atoms with Crippen LogP contribution in [0.1, 0.15) is 34.6 Å². The number of ether oxygens (including phenoxy) is 1. The molecule has 1 spiro atoms. The molecular formula is C21H26N4O2. The summed E-state index contributed by atoms with van der Waals surface area (Å²) in [4.78, 5) is 22.5. The Hall–Kier alpha value is -2.18. The first-order valence-corrected chi connectivity index (χ1v) is 9.86. The first-order chi connectivity index (χ1) is 13.1. The number of carbonyl (C=O) groups is 1. The van der Waals surface area contributed by atoms with Crippen molar-refractivity contribution < 1.29 is 9.53 Å². The second-order valence-electron chi connectivity index (χ2n) is 8.31. The van der Waals surface area contributed by atoms with Gasteiger partial charge in [-0.2, -0.15) is 0 Å². The third-order valence-corrected chi connectivity index (χ3v) is 6.59. The van der Waals surface area contributed by atoms with Crippen molar-refractivity contribution in [2.45, 2.75) is 38.0 Å². The number of carbonyl (C=O) groups excluding carboxylic acids is 1. The predicted octanol–water partition coefficient (Wildman–Crippen LogP) is 2.13. The second-order valence-corrected chi connectivity index (χ2v) is 8.31. The summed E-state index contributed by atoms with van der Waals surface area (Å²) in [5.74, 6) is 1.90. The summed E-state index contributed by atoms with van der Waals surface area (Å²) in [6, 6.07) is 7.75. The van der Waals surface area contributed by atoms with E-state index in [2.05, 4.69) is 20.2 Å². The molecule has 0 saturated carbocycles. The third-order valence-electron chi connectivity index (χ3n) is 6.59. The molecule has 142 valence electrons. The normalized spacial score (nSPS) is 32.0. The van der Waals surface area contributed by atoms with E-state index in [1.165, 1.54) is 0 Å². The van der Waals surface area contributed by atoms with Gasteiger partial charge in [-0.1, -0.05) is 17.7 Å². The van der Waals surface area contributed by atoms with E-state index in [4.69, 9.17) is 4.74 Å². The molecule has 5 rings (SSSR count). The minimum atomic E-state index is -0.0173. The quantitative estimate of drug-likeness (QED) is 0.850. The zero-order chi connectivity index (χ0) is 18.4. The van der Waals surface area contributed by atoms with Crippen LogP contribution in [0.2, 0.25) is 0 Å². The average molecular weight is 366 g/mol. The lowest BCUT2D eigenvalue weighted by Crippen LogP contribution is -2.41. The molecule has 3 fully saturated rings. The van der Waals surface area contributed by atoms with E-state index in [9.17, 15) is 4.79 Å². The van der Waals surface area contributed by atoms with Gasteiger partial charge in [-0.3, -0.25) is 9.69 Å². The zero-order valence-electron chi connectivity index (χ0n) is 15.6. The highest BCUT2D eigenvalue weighted by Crippen LogP contribution is 2.54. The Morgan fingerprint density at radius 3 is 3.04 bits per heavy atom. The number of nitrogens with one attached hydrogen (secondary N) is 2. The number of imidazole rings is 1. The lowest BCUT2D eigenvalue weighted by molar-refractivity contribution is 0.00196. The number of hydrogen-bond donors (Lipinski definition) is 2. The smallest absolute Gasteiger partial charge is 0.251 e. The monoisotopic (exact) mass is 366 g/mol. The Kier molecular flexibility index (Phi) is 4.06. The lowest BCUT2D eigenvalue weighted by atomic mass is 9.73.